The number of hydrogen-bond acceptors (Lipinski definition) is 3. The zero-order valence-corrected chi connectivity index (χ0v) is 17.2. The lowest BCUT2D eigenvalue weighted by atomic mass is 9.91. The molecule has 0 heterocycles. The van der Waals surface area contributed by atoms with Gasteiger partial charge in [0, 0.05) is 17.6 Å². The van der Waals surface area contributed by atoms with E-state index in [0.717, 1.165) is 0 Å². The second-order valence-electron chi connectivity index (χ2n) is 8.46. The fourth-order valence-electron chi connectivity index (χ4n) is 3.21. The van der Waals surface area contributed by atoms with Crippen LogP contribution >= 0.6 is 0 Å². The fourth-order valence-corrected chi connectivity index (χ4v) is 3.21. The Labute approximate surface area is 175 Å². The number of halogens is 6. The van der Waals surface area contributed by atoms with E-state index in [-0.39, 0.29) is 12.1 Å². The van der Waals surface area contributed by atoms with Gasteiger partial charge in [-0.2, -0.15) is 26.3 Å². The second kappa shape index (κ2) is 8.96. The Balaban J connectivity index is 2.01. The van der Waals surface area contributed by atoms with Crippen LogP contribution in [0.25, 0.3) is 0 Å². The van der Waals surface area contributed by atoms with Crippen molar-refractivity contribution in [1.82, 2.24) is 10.6 Å². The van der Waals surface area contributed by atoms with Gasteiger partial charge in [0.15, 0.2) is 0 Å². The van der Waals surface area contributed by atoms with Crippen molar-refractivity contribution in [2.75, 3.05) is 0 Å². The van der Waals surface area contributed by atoms with Crippen LogP contribution in [0, 0.1) is 0 Å². The molecular formula is C20H24F6N2O3. The first kappa shape index (κ1) is 24.8. The molecule has 0 aromatic heterocycles. The first-order valence-corrected chi connectivity index (χ1v) is 9.64. The number of carbonyl (C=O) groups is 2. The average Bonchev–Trinajstić information content (AvgIpc) is 2.60. The summed E-state index contributed by atoms with van der Waals surface area (Å²) in [4.78, 5) is 24.2. The van der Waals surface area contributed by atoms with Crippen LogP contribution in [0.1, 0.15) is 67.9 Å². The van der Waals surface area contributed by atoms with Crippen LogP contribution in [0.15, 0.2) is 18.2 Å². The molecule has 1 aromatic rings. The van der Waals surface area contributed by atoms with Gasteiger partial charge >= 0.3 is 18.4 Å². The SMILES string of the molecule is CC(C)(C)OC(=O)NC1CCC(NC(=O)c2cc(C(F)(F)F)cc(C(F)(F)F)c2)CC1. The minimum absolute atomic E-state index is 0.0235. The molecule has 0 spiro atoms. The number of alkyl carbamates (subject to hydrolysis) is 1. The quantitative estimate of drug-likeness (QED) is 0.610. The van der Waals surface area contributed by atoms with Crippen LogP contribution in [-0.2, 0) is 17.1 Å². The van der Waals surface area contributed by atoms with Crippen LogP contribution in [0.2, 0.25) is 0 Å². The summed E-state index contributed by atoms with van der Waals surface area (Å²) < 4.78 is 82.9. The molecule has 174 valence electrons. The lowest BCUT2D eigenvalue weighted by Gasteiger charge is -2.30. The Morgan fingerprint density at radius 2 is 1.23 bits per heavy atom. The summed E-state index contributed by atoms with van der Waals surface area (Å²) in [6.07, 6.45) is -8.89. The average molecular weight is 454 g/mol. The van der Waals surface area contributed by atoms with Crippen molar-refractivity contribution >= 4 is 12.0 Å². The molecule has 1 fully saturated rings. The summed E-state index contributed by atoms with van der Waals surface area (Å²) in [5.74, 6) is -1.01. The zero-order chi connectivity index (χ0) is 23.6. The number of benzene rings is 1. The molecule has 11 heteroatoms. The minimum Gasteiger partial charge on any atom is -0.444 e. The predicted molar refractivity (Wildman–Crippen MR) is 99.3 cm³/mol. The standard InChI is InChI=1S/C20H24F6N2O3/c1-18(2,3)31-17(30)28-15-6-4-14(5-7-15)27-16(29)11-8-12(19(21,22)23)10-13(9-11)20(24,25)26/h8-10,14-15H,4-7H2,1-3H3,(H,27,29)(H,28,30). The number of amides is 2. The van der Waals surface area contributed by atoms with E-state index in [1.165, 1.54) is 0 Å². The Morgan fingerprint density at radius 3 is 1.61 bits per heavy atom. The third-order valence-corrected chi connectivity index (χ3v) is 4.63. The van der Waals surface area contributed by atoms with E-state index in [2.05, 4.69) is 10.6 Å². The maximum absolute atomic E-state index is 13.0. The molecule has 5 nitrogen and oxygen atoms in total. The predicted octanol–water partition coefficient (Wildman–Crippen LogP) is 5.29. The zero-order valence-electron chi connectivity index (χ0n) is 17.2. The third-order valence-electron chi connectivity index (χ3n) is 4.63. The van der Waals surface area contributed by atoms with Crippen molar-refractivity contribution < 1.29 is 40.7 Å². The van der Waals surface area contributed by atoms with E-state index in [1.54, 1.807) is 20.8 Å². The van der Waals surface area contributed by atoms with Gasteiger partial charge in [-0.15, -0.1) is 0 Å². The molecule has 1 aromatic carbocycles. The first-order valence-electron chi connectivity index (χ1n) is 9.64. The summed E-state index contributed by atoms with van der Waals surface area (Å²) in [5.41, 5.74) is -4.46. The maximum atomic E-state index is 13.0. The highest BCUT2D eigenvalue weighted by Gasteiger charge is 2.37. The third kappa shape index (κ3) is 7.62. The van der Waals surface area contributed by atoms with Gasteiger partial charge in [-0.25, -0.2) is 4.79 Å². The fraction of sp³-hybridized carbons (Fsp3) is 0.600. The Hall–Kier alpha value is -2.46. The van der Waals surface area contributed by atoms with Gasteiger partial charge in [0.2, 0.25) is 0 Å². The van der Waals surface area contributed by atoms with Crippen molar-refractivity contribution in [3.05, 3.63) is 34.9 Å². The molecule has 0 unspecified atom stereocenters. The summed E-state index contributed by atoms with van der Waals surface area (Å²) in [6, 6.07) is 0.145. The van der Waals surface area contributed by atoms with Gasteiger partial charge in [-0.3, -0.25) is 4.79 Å². The maximum Gasteiger partial charge on any atom is 0.416 e. The summed E-state index contributed by atoms with van der Waals surface area (Å²) in [7, 11) is 0. The Bertz CT molecular complexity index is 774. The van der Waals surface area contributed by atoms with Gasteiger partial charge < -0.3 is 15.4 Å². The van der Waals surface area contributed by atoms with E-state index in [9.17, 15) is 35.9 Å². The molecule has 1 saturated carbocycles. The lowest BCUT2D eigenvalue weighted by molar-refractivity contribution is -0.143. The lowest BCUT2D eigenvalue weighted by Crippen LogP contribution is -2.45. The van der Waals surface area contributed by atoms with E-state index < -0.39 is 52.7 Å². The molecule has 0 radical (unpaired) electrons. The van der Waals surface area contributed by atoms with E-state index in [0.29, 0.717) is 37.8 Å². The Morgan fingerprint density at radius 1 is 0.806 bits per heavy atom. The molecule has 2 amide bonds. The van der Waals surface area contributed by atoms with Crippen molar-refractivity contribution in [1.29, 1.82) is 0 Å². The molecule has 1 aliphatic carbocycles. The summed E-state index contributed by atoms with van der Waals surface area (Å²) >= 11 is 0. The van der Waals surface area contributed by atoms with Crippen LogP contribution < -0.4 is 10.6 Å². The van der Waals surface area contributed by atoms with E-state index in [1.807, 2.05) is 0 Å². The van der Waals surface area contributed by atoms with Gasteiger partial charge in [0.05, 0.1) is 11.1 Å². The van der Waals surface area contributed by atoms with Crippen molar-refractivity contribution in [3.63, 3.8) is 0 Å². The van der Waals surface area contributed by atoms with Crippen molar-refractivity contribution in [2.45, 2.75) is 76.5 Å². The second-order valence-corrected chi connectivity index (χ2v) is 8.46. The number of ether oxygens (including phenoxy) is 1. The monoisotopic (exact) mass is 454 g/mol. The minimum atomic E-state index is -5.03. The van der Waals surface area contributed by atoms with Gasteiger partial charge in [-0.05, 0) is 64.7 Å². The topological polar surface area (TPSA) is 67.4 Å². The van der Waals surface area contributed by atoms with Crippen LogP contribution in [-0.4, -0.2) is 29.7 Å². The number of rotatable bonds is 3. The molecular weight excluding hydrogens is 430 g/mol. The van der Waals surface area contributed by atoms with Gasteiger partial charge in [0.25, 0.3) is 5.91 Å². The van der Waals surface area contributed by atoms with Crippen LogP contribution in [0.3, 0.4) is 0 Å². The molecule has 0 aliphatic heterocycles. The molecule has 0 bridgehead atoms. The van der Waals surface area contributed by atoms with Crippen LogP contribution in [0.5, 0.6) is 0 Å². The van der Waals surface area contributed by atoms with Crippen molar-refractivity contribution in [3.8, 4) is 0 Å². The highest BCUT2D eigenvalue weighted by atomic mass is 19.4. The largest absolute Gasteiger partial charge is 0.444 e. The number of carbonyl (C=O) groups excluding carboxylic acids is 2. The summed E-state index contributed by atoms with van der Waals surface area (Å²) in [5, 5.41) is 5.19. The van der Waals surface area contributed by atoms with E-state index >= 15 is 0 Å². The van der Waals surface area contributed by atoms with Gasteiger partial charge in [0.1, 0.15) is 5.60 Å². The Kier molecular flexibility index (Phi) is 7.17. The molecule has 2 rings (SSSR count). The number of nitrogens with one attached hydrogen (secondary N) is 2. The van der Waals surface area contributed by atoms with Gasteiger partial charge in [-0.1, -0.05) is 0 Å². The highest BCUT2D eigenvalue weighted by molar-refractivity contribution is 5.94. The normalized spacial score (nSPS) is 20.2. The molecule has 0 atom stereocenters. The number of hydrogen-bond donors (Lipinski definition) is 2. The molecule has 1 aliphatic rings. The van der Waals surface area contributed by atoms with Crippen molar-refractivity contribution in [2.24, 2.45) is 0 Å². The summed E-state index contributed by atoms with van der Waals surface area (Å²) in [6.45, 7) is 5.16. The first-order chi connectivity index (χ1) is 14.0. The molecule has 0 saturated heterocycles. The molecule has 2 N–H and O–H groups in total. The number of alkyl halides is 6. The highest BCUT2D eigenvalue weighted by Crippen LogP contribution is 2.36. The van der Waals surface area contributed by atoms with Crippen LogP contribution in [0.4, 0.5) is 31.1 Å². The molecule has 31 heavy (non-hydrogen) atoms. The smallest absolute Gasteiger partial charge is 0.416 e. The van der Waals surface area contributed by atoms with E-state index in [4.69, 9.17) is 4.74 Å².